The Hall–Kier alpha value is -2.41. The van der Waals surface area contributed by atoms with Crippen molar-refractivity contribution in [1.29, 1.82) is 0 Å². The predicted molar refractivity (Wildman–Crippen MR) is 92.5 cm³/mol. The molecule has 2 aromatic rings. The van der Waals surface area contributed by atoms with Crippen molar-refractivity contribution in [2.45, 2.75) is 12.8 Å². The van der Waals surface area contributed by atoms with Gasteiger partial charge in [0.25, 0.3) is 5.91 Å². The molecule has 1 fully saturated rings. The lowest BCUT2D eigenvalue weighted by atomic mass is 10.1. The summed E-state index contributed by atoms with van der Waals surface area (Å²) >= 11 is 0. The van der Waals surface area contributed by atoms with Crippen LogP contribution in [0.15, 0.2) is 48.8 Å². The number of carbonyl (C=O) groups is 1. The lowest BCUT2D eigenvalue weighted by Gasteiger charge is -2.17. The highest BCUT2D eigenvalue weighted by Gasteiger charge is 2.28. The molecule has 2 heterocycles. The molecule has 6 nitrogen and oxygen atoms in total. The first kappa shape index (κ1) is 16.4. The number of rotatable bonds is 5. The summed E-state index contributed by atoms with van der Waals surface area (Å²) < 4.78 is 25.4. The van der Waals surface area contributed by atoms with Crippen molar-refractivity contribution in [2.75, 3.05) is 23.1 Å². The summed E-state index contributed by atoms with van der Waals surface area (Å²) in [6, 6.07) is 10.6. The third-order valence-corrected chi connectivity index (χ3v) is 5.81. The van der Waals surface area contributed by atoms with Gasteiger partial charge in [0.1, 0.15) is 0 Å². The fourth-order valence-electron chi connectivity index (χ4n) is 2.70. The summed E-state index contributed by atoms with van der Waals surface area (Å²) in [6.07, 6.45) is 4.77. The van der Waals surface area contributed by atoms with Crippen LogP contribution < -0.4 is 9.62 Å². The maximum absolute atomic E-state index is 12.3. The number of aromatic nitrogens is 1. The first-order chi connectivity index (χ1) is 11.6. The second kappa shape index (κ2) is 7.00. The molecule has 1 saturated heterocycles. The van der Waals surface area contributed by atoms with Crippen molar-refractivity contribution in [1.82, 2.24) is 10.3 Å². The van der Waals surface area contributed by atoms with Crippen LogP contribution in [0.3, 0.4) is 0 Å². The second-order valence-electron chi connectivity index (χ2n) is 5.65. The van der Waals surface area contributed by atoms with Gasteiger partial charge in [0.05, 0.1) is 11.4 Å². The molecule has 0 spiro atoms. The van der Waals surface area contributed by atoms with Crippen molar-refractivity contribution >= 4 is 21.6 Å². The maximum atomic E-state index is 12.3. The molecule has 3 rings (SSSR count). The van der Waals surface area contributed by atoms with Crippen LogP contribution in [0.4, 0.5) is 5.69 Å². The van der Waals surface area contributed by atoms with Crippen molar-refractivity contribution < 1.29 is 13.2 Å². The molecule has 1 N–H and O–H groups in total. The van der Waals surface area contributed by atoms with E-state index >= 15 is 0 Å². The van der Waals surface area contributed by atoms with Crippen molar-refractivity contribution in [3.8, 4) is 0 Å². The molecule has 1 aliphatic heterocycles. The number of sulfonamides is 1. The highest BCUT2D eigenvalue weighted by molar-refractivity contribution is 7.93. The monoisotopic (exact) mass is 345 g/mol. The summed E-state index contributed by atoms with van der Waals surface area (Å²) in [4.78, 5) is 16.2. The molecule has 0 saturated carbocycles. The maximum Gasteiger partial charge on any atom is 0.251 e. The van der Waals surface area contributed by atoms with E-state index in [-0.39, 0.29) is 11.7 Å². The molecule has 126 valence electrons. The van der Waals surface area contributed by atoms with Crippen LogP contribution in [-0.4, -0.2) is 38.2 Å². The van der Waals surface area contributed by atoms with Gasteiger partial charge in [0, 0.05) is 31.0 Å². The van der Waals surface area contributed by atoms with Crippen LogP contribution in [0.2, 0.25) is 0 Å². The van der Waals surface area contributed by atoms with Gasteiger partial charge in [-0.15, -0.1) is 0 Å². The normalized spacial score (nSPS) is 16.1. The standard InChI is InChI=1S/C17H19N3O3S/c21-17(19-10-7-14-5-8-18-9-6-14)15-3-1-4-16(13-15)20-11-2-12-24(20,22)23/h1,3-6,8-9,13H,2,7,10-12H2,(H,19,21). The fourth-order valence-corrected chi connectivity index (χ4v) is 4.26. The summed E-state index contributed by atoms with van der Waals surface area (Å²) in [6.45, 7) is 0.977. The average Bonchev–Trinajstić information content (AvgIpc) is 2.95. The smallest absolute Gasteiger partial charge is 0.251 e. The summed E-state index contributed by atoms with van der Waals surface area (Å²) in [5.74, 6) is -0.0440. The Labute approximate surface area is 141 Å². The van der Waals surface area contributed by atoms with E-state index < -0.39 is 10.0 Å². The molecule has 0 atom stereocenters. The van der Waals surface area contributed by atoms with Crippen LogP contribution in [0, 0.1) is 0 Å². The zero-order chi connectivity index (χ0) is 17.0. The van der Waals surface area contributed by atoms with Gasteiger partial charge < -0.3 is 5.32 Å². The topological polar surface area (TPSA) is 79.4 Å². The van der Waals surface area contributed by atoms with Gasteiger partial charge >= 0.3 is 0 Å². The minimum atomic E-state index is -3.24. The van der Waals surface area contributed by atoms with Crippen molar-refractivity contribution in [3.05, 3.63) is 59.9 Å². The predicted octanol–water partition coefficient (Wildman–Crippen LogP) is 1.59. The van der Waals surface area contributed by atoms with Crippen LogP contribution in [-0.2, 0) is 16.4 Å². The molecule has 1 amide bonds. The van der Waals surface area contributed by atoms with Crippen LogP contribution in [0.1, 0.15) is 22.3 Å². The van der Waals surface area contributed by atoms with E-state index in [1.165, 1.54) is 4.31 Å². The van der Waals surface area contributed by atoms with Gasteiger partial charge in [-0.25, -0.2) is 8.42 Å². The Morgan fingerprint density at radius 1 is 1.21 bits per heavy atom. The van der Waals surface area contributed by atoms with Gasteiger partial charge in [-0.05, 0) is 48.7 Å². The Morgan fingerprint density at radius 3 is 2.71 bits per heavy atom. The van der Waals surface area contributed by atoms with Crippen LogP contribution in [0.5, 0.6) is 0 Å². The van der Waals surface area contributed by atoms with E-state index in [1.807, 2.05) is 12.1 Å². The van der Waals surface area contributed by atoms with Gasteiger partial charge in [-0.1, -0.05) is 6.07 Å². The van der Waals surface area contributed by atoms with Crippen molar-refractivity contribution in [3.63, 3.8) is 0 Å². The quantitative estimate of drug-likeness (QED) is 0.892. The first-order valence-corrected chi connectivity index (χ1v) is 9.45. The molecule has 7 heteroatoms. The molecule has 0 unspecified atom stereocenters. The third-order valence-electron chi connectivity index (χ3n) is 3.94. The Balaban J connectivity index is 1.64. The minimum absolute atomic E-state index is 0.162. The molecule has 0 aliphatic carbocycles. The summed E-state index contributed by atoms with van der Waals surface area (Å²) in [5, 5.41) is 2.86. The number of hydrogen-bond donors (Lipinski definition) is 1. The molecular formula is C17H19N3O3S. The number of benzene rings is 1. The minimum Gasteiger partial charge on any atom is -0.352 e. The van der Waals surface area contributed by atoms with Gasteiger partial charge in [0.15, 0.2) is 0 Å². The lowest BCUT2D eigenvalue weighted by molar-refractivity contribution is 0.0954. The molecular weight excluding hydrogens is 326 g/mol. The Morgan fingerprint density at radius 2 is 2.00 bits per heavy atom. The van der Waals surface area contributed by atoms with Crippen LogP contribution >= 0.6 is 0 Å². The van der Waals surface area contributed by atoms with Crippen molar-refractivity contribution in [2.24, 2.45) is 0 Å². The molecule has 1 aliphatic rings. The SMILES string of the molecule is O=C(NCCc1ccncc1)c1cccc(N2CCCS2(=O)=O)c1. The zero-order valence-electron chi connectivity index (χ0n) is 13.2. The fraction of sp³-hybridized carbons (Fsp3) is 0.294. The number of pyridine rings is 1. The van der Waals surface area contributed by atoms with E-state index in [0.29, 0.717) is 37.2 Å². The highest BCUT2D eigenvalue weighted by Crippen LogP contribution is 2.24. The van der Waals surface area contributed by atoms with E-state index in [1.54, 1.807) is 36.7 Å². The largest absolute Gasteiger partial charge is 0.352 e. The van der Waals surface area contributed by atoms with Gasteiger partial charge in [0.2, 0.25) is 10.0 Å². The number of anilines is 1. The Kier molecular flexibility index (Phi) is 4.80. The number of nitrogens with zero attached hydrogens (tertiary/aromatic N) is 2. The summed E-state index contributed by atoms with van der Waals surface area (Å²) in [5.41, 5.74) is 2.11. The zero-order valence-corrected chi connectivity index (χ0v) is 14.0. The highest BCUT2D eigenvalue weighted by atomic mass is 32.2. The second-order valence-corrected chi connectivity index (χ2v) is 7.67. The molecule has 0 radical (unpaired) electrons. The molecule has 24 heavy (non-hydrogen) atoms. The number of amides is 1. The molecule has 1 aromatic carbocycles. The number of carbonyl (C=O) groups excluding carboxylic acids is 1. The van der Waals surface area contributed by atoms with E-state index in [2.05, 4.69) is 10.3 Å². The van der Waals surface area contributed by atoms with Gasteiger partial charge in [-0.3, -0.25) is 14.1 Å². The molecule has 1 aromatic heterocycles. The molecule has 0 bridgehead atoms. The van der Waals surface area contributed by atoms with Gasteiger partial charge in [-0.2, -0.15) is 0 Å². The van der Waals surface area contributed by atoms with E-state index in [0.717, 1.165) is 5.56 Å². The number of hydrogen-bond acceptors (Lipinski definition) is 4. The first-order valence-electron chi connectivity index (χ1n) is 7.84. The number of nitrogens with one attached hydrogen (secondary N) is 1. The average molecular weight is 345 g/mol. The van der Waals surface area contributed by atoms with Crippen LogP contribution in [0.25, 0.3) is 0 Å². The Bertz CT molecular complexity index is 822. The van der Waals surface area contributed by atoms with E-state index in [4.69, 9.17) is 0 Å². The lowest BCUT2D eigenvalue weighted by Crippen LogP contribution is -2.27. The summed E-state index contributed by atoms with van der Waals surface area (Å²) in [7, 11) is -3.24. The third kappa shape index (κ3) is 3.73. The van der Waals surface area contributed by atoms with E-state index in [9.17, 15) is 13.2 Å².